The number of amides is 1. The summed E-state index contributed by atoms with van der Waals surface area (Å²) in [5.41, 5.74) is 4.18. The van der Waals surface area contributed by atoms with Crippen LogP contribution in [0.15, 0.2) is 29.4 Å². The molecule has 7 nitrogen and oxygen atoms in total. The zero-order valence-electron chi connectivity index (χ0n) is 17.6. The lowest BCUT2D eigenvalue weighted by Crippen LogP contribution is -2.24. The Morgan fingerprint density at radius 2 is 1.97 bits per heavy atom. The smallest absolute Gasteiger partial charge is 0.239 e. The average molecular weight is 441 g/mol. The predicted molar refractivity (Wildman–Crippen MR) is 123 cm³/mol. The molecule has 0 aliphatic rings. The molecule has 4 aromatic rings. The lowest BCUT2D eigenvalue weighted by Gasteiger charge is -2.14. The van der Waals surface area contributed by atoms with Gasteiger partial charge in [0, 0.05) is 11.3 Å². The molecule has 1 N–H and O–H groups in total. The van der Waals surface area contributed by atoms with Crippen LogP contribution in [0.1, 0.15) is 49.2 Å². The molecule has 0 bridgehead atoms. The minimum Gasteiger partial charge on any atom is -0.300 e. The standard InChI is InChI=1S/C21H24N6OS2/c1-6-15(18(28)22-20-25-24-19(30-20)11(2)3)29-21-26-23-16-10-13(5)14-9-7-8-12(4)17(14)27(16)21/h7-11,15H,6H2,1-5H3,(H,22,25,28). The van der Waals surface area contributed by atoms with Crippen LogP contribution >= 0.6 is 23.1 Å². The van der Waals surface area contributed by atoms with E-state index in [0.717, 1.165) is 32.7 Å². The molecule has 4 rings (SSSR count). The van der Waals surface area contributed by atoms with Crippen molar-refractivity contribution in [2.24, 2.45) is 0 Å². The van der Waals surface area contributed by atoms with Gasteiger partial charge in [-0.25, -0.2) is 0 Å². The molecular formula is C21H24N6OS2. The number of thioether (sulfide) groups is 1. The normalized spacial score (nSPS) is 12.7. The van der Waals surface area contributed by atoms with E-state index in [-0.39, 0.29) is 17.1 Å². The Balaban J connectivity index is 1.66. The Kier molecular flexibility index (Phi) is 5.75. The van der Waals surface area contributed by atoms with Gasteiger partial charge in [-0.15, -0.1) is 20.4 Å². The van der Waals surface area contributed by atoms with Gasteiger partial charge >= 0.3 is 0 Å². The predicted octanol–water partition coefficient (Wildman–Crippen LogP) is 4.98. The van der Waals surface area contributed by atoms with Crippen LogP contribution < -0.4 is 5.32 Å². The number of hydrogen-bond acceptors (Lipinski definition) is 7. The molecule has 0 fully saturated rings. The Hall–Kier alpha value is -2.52. The van der Waals surface area contributed by atoms with Gasteiger partial charge < -0.3 is 0 Å². The molecule has 0 spiro atoms. The highest BCUT2D eigenvalue weighted by atomic mass is 32.2. The molecule has 3 aromatic heterocycles. The van der Waals surface area contributed by atoms with Gasteiger partial charge in [0.05, 0.1) is 10.8 Å². The molecule has 0 radical (unpaired) electrons. The molecule has 0 saturated heterocycles. The molecule has 1 atom stereocenters. The quantitative estimate of drug-likeness (QED) is 0.426. The number of hydrogen-bond donors (Lipinski definition) is 1. The third-order valence-corrected chi connectivity index (χ3v) is 7.41. The van der Waals surface area contributed by atoms with Gasteiger partial charge in [-0.2, -0.15) is 0 Å². The summed E-state index contributed by atoms with van der Waals surface area (Å²) < 4.78 is 2.06. The number of para-hydroxylation sites is 1. The number of anilines is 1. The van der Waals surface area contributed by atoms with Crippen molar-refractivity contribution in [2.45, 2.75) is 57.4 Å². The first-order valence-electron chi connectivity index (χ1n) is 9.94. The van der Waals surface area contributed by atoms with E-state index in [2.05, 4.69) is 76.0 Å². The fourth-order valence-corrected chi connectivity index (χ4v) is 5.07. The summed E-state index contributed by atoms with van der Waals surface area (Å²) >= 11 is 2.85. The third-order valence-electron chi connectivity index (χ3n) is 4.97. The van der Waals surface area contributed by atoms with Crippen LogP contribution in [0.25, 0.3) is 16.6 Å². The van der Waals surface area contributed by atoms with Crippen LogP contribution in [0, 0.1) is 13.8 Å². The van der Waals surface area contributed by atoms with Crippen molar-refractivity contribution < 1.29 is 4.79 Å². The van der Waals surface area contributed by atoms with Crippen molar-refractivity contribution in [3.63, 3.8) is 0 Å². The van der Waals surface area contributed by atoms with E-state index in [1.165, 1.54) is 23.1 Å². The average Bonchev–Trinajstić information content (AvgIpc) is 3.33. The van der Waals surface area contributed by atoms with E-state index in [1.807, 2.05) is 13.0 Å². The zero-order chi connectivity index (χ0) is 21.4. The topological polar surface area (TPSA) is 85.1 Å². The van der Waals surface area contributed by atoms with Crippen LogP contribution in [0.3, 0.4) is 0 Å². The van der Waals surface area contributed by atoms with Crippen LogP contribution in [0.2, 0.25) is 0 Å². The van der Waals surface area contributed by atoms with Gasteiger partial charge in [0.1, 0.15) is 5.01 Å². The summed E-state index contributed by atoms with van der Waals surface area (Å²) in [4.78, 5) is 12.9. The lowest BCUT2D eigenvalue weighted by molar-refractivity contribution is -0.115. The van der Waals surface area contributed by atoms with E-state index in [4.69, 9.17) is 0 Å². The van der Waals surface area contributed by atoms with Crippen LogP contribution in [0.5, 0.6) is 0 Å². The number of nitrogens with one attached hydrogen (secondary N) is 1. The molecule has 1 amide bonds. The van der Waals surface area contributed by atoms with Crippen molar-refractivity contribution >= 4 is 50.7 Å². The largest absolute Gasteiger partial charge is 0.300 e. The molecule has 1 aromatic carbocycles. The van der Waals surface area contributed by atoms with Gasteiger partial charge in [-0.1, -0.05) is 62.1 Å². The first kappa shape index (κ1) is 20.7. The van der Waals surface area contributed by atoms with Crippen LogP contribution in [-0.4, -0.2) is 36.0 Å². The number of nitrogens with zero attached hydrogens (tertiary/aromatic N) is 5. The first-order valence-corrected chi connectivity index (χ1v) is 11.6. The number of pyridine rings is 1. The number of aromatic nitrogens is 5. The maximum absolute atomic E-state index is 12.9. The van der Waals surface area contributed by atoms with E-state index in [1.54, 1.807) is 0 Å². The van der Waals surface area contributed by atoms with Gasteiger partial charge in [-0.3, -0.25) is 14.5 Å². The summed E-state index contributed by atoms with van der Waals surface area (Å²) in [5, 5.41) is 22.9. The molecule has 9 heteroatoms. The Morgan fingerprint density at radius 1 is 1.17 bits per heavy atom. The molecule has 0 aliphatic carbocycles. The second-order valence-corrected chi connectivity index (χ2v) is 9.76. The van der Waals surface area contributed by atoms with Crippen molar-refractivity contribution in [1.29, 1.82) is 0 Å². The fourth-order valence-electron chi connectivity index (χ4n) is 3.36. The SMILES string of the molecule is CCC(Sc1nnc2cc(C)c3cccc(C)c3n12)C(=O)Nc1nnc(C(C)C)s1. The highest BCUT2D eigenvalue weighted by Crippen LogP contribution is 2.31. The number of carbonyl (C=O) groups is 1. The second kappa shape index (κ2) is 8.31. The maximum atomic E-state index is 12.9. The van der Waals surface area contributed by atoms with Gasteiger partial charge in [0.2, 0.25) is 11.0 Å². The van der Waals surface area contributed by atoms with Crippen molar-refractivity contribution in [2.75, 3.05) is 5.32 Å². The summed E-state index contributed by atoms with van der Waals surface area (Å²) in [7, 11) is 0. The van der Waals surface area contributed by atoms with Gasteiger partial charge in [0.15, 0.2) is 10.8 Å². The van der Waals surface area contributed by atoms with Gasteiger partial charge in [0.25, 0.3) is 0 Å². The minimum absolute atomic E-state index is 0.0983. The highest BCUT2D eigenvalue weighted by molar-refractivity contribution is 8.00. The molecule has 30 heavy (non-hydrogen) atoms. The van der Waals surface area contributed by atoms with E-state index in [0.29, 0.717) is 16.7 Å². The van der Waals surface area contributed by atoms with E-state index in [9.17, 15) is 4.79 Å². The minimum atomic E-state index is -0.316. The summed E-state index contributed by atoms with van der Waals surface area (Å²) in [6.07, 6.45) is 0.657. The number of carbonyl (C=O) groups excluding carboxylic acids is 1. The van der Waals surface area contributed by atoms with Crippen LogP contribution in [0.4, 0.5) is 5.13 Å². The fraction of sp³-hybridized carbons (Fsp3) is 0.381. The number of rotatable bonds is 6. The third kappa shape index (κ3) is 3.79. The summed E-state index contributed by atoms with van der Waals surface area (Å²) in [5.74, 6) is 0.186. The van der Waals surface area contributed by atoms with Gasteiger partial charge in [-0.05, 0) is 37.5 Å². The zero-order valence-corrected chi connectivity index (χ0v) is 19.3. The van der Waals surface area contributed by atoms with Crippen molar-refractivity contribution in [3.8, 4) is 0 Å². The first-order chi connectivity index (χ1) is 14.4. The summed E-state index contributed by atoms with van der Waals surface area (Å²) in [6.45, 7) is 10.3. The van der Waals surface area contributed by atoms with Crippen molar-refractivity contribution in [1.82, 2.24) is 24.8 Å². The molecule has 1 unspecified atom stereocenters. The summed E-state index contributed by atoms with van der Waals surface area (Å²) in [6, 6.07) is 8.29. The highest BCUT2D eigenvalue weighted by Gasteiger charge is 2.23. The van der Waals surface area contributed by atoms with Crippen LogP contribution in [-0.2, 0) is 4.79 Å². The second-order valence-electron chi connectivity index (χ2n) is 7.58. The van der Waals surface area contributed by atoms with Crippen molar-refractivity contribution in [3.05, 3.63) is 40.4 Å². The number of benzene rings is 1. The Bertz CT molecular complexity index is 1230. The number of fused-ring (bicyclic) bond motifs is 3. The molecule has 0 aliphatic heterocycles. The van der Waals surface area contributed by atoms with E-state index >= 15 is 0 Å². The molecule has 0 saturated carbocycles. The number of aryl methyl sites for hydroxylation is 2. The maximum Gasteiger partial charge on any atom is 0.239 e. The Morgan fingerprint density at radius 3 is 2.67 bits per heavy atom. The Labute approximate surface area is 183 Å². The monoisotopic (exact) mass is 440 g/mol. The lowest BCUT2D eigenvalue weighted by atomic mass is 10.1. The molecule has 3 heterocycles. The molecule has 156 valence electrons. The molecular weight excluding hydrogens is 416 g/mol. The van der Waals surface area contributed by atoms with E-state index < -0.39 is 0 Å².